The van der Waals surface area contributed by atoms with E-state index in [0.29, 0.717) is 17.6 Å². The summed E-state index contributed by atoms with van der Waals surface area (Å²) in [4.78, 5) is 22.5. The minimum absolute atomic E-state index is 0.0473. The van der Waals surface area contributed by atoms with Gasteiger partial charge in [0.2, 0.25) is 0 Å². The van der Waals surface area contributed by atoms with Crippen LogP contribution in [0.4, 0.5) is 5.69 Å². The van der Waals surface area contributed by atoms with Crippen LogP contribution in [-0.2, 0) is 0 Å². The first-order valence-corrected chi connectivity index (χ1v) is 9.89. The molecule has 156 valence electrons. The average molecular weight is 401 g/mol. The summed E-state index contributed by atoms with van der Waals surface area (Å²) in [6, 6.07) is 1.93. The number of aromatic carboxylic acids is 1. The number of carboxylic acids is 1. The zero-order valence-electron chi connectivity index (χ0n) is 16.9. The summed E-state index contributed by atoms with van der Waals surface area (Å²) in [5.41, 5.74) is 1.30. The molecule has 3 rings (SSSR count). The van der Waals surface area contributed by atoms with Crippen molar-refractivity contribution in [3.05, 3.63) is 24.3 Å². The van der Waals surface area contributed by atoms with Gasteiger partial charge in [-0.2, -0.15) is 4.98 Å². The summed E-state index contributed by atoms with van der Waals surface area (Å²) in [5.74, 6) is -1.57. The predicted molar refractivity (Wildman–Crippen MR) is 109 cm³/mol. The highest BCUT2D eigenvalue weighted by Gasteiger charge is 2.25. The van der Waals surface area contributed by atoms with Gasteiger partial charge >= 0.3 is 5.97 Å². The van der Waals surface area contributed by atoms with Crippen molar-refractivity contribution in [2.24, 2.45) is 0 Å². The second kappa shape index (κ2) is 8.60. The number of H-pyrrole nitrogens is 1. The summed E-state index contributed by atoms with van der Waals surface area (Å²) in [6.45, 7) is 6.12. The molecule has 0 saturated heterocycles. The fourth-order valence-corrected chi connectivity index (χ4v) is 3.49. The molecule has 0 fully saturated rings. The van der Waals surface area contributed by atoms with E-state index in [4.69, 9.17) is 9.63 Å². The van der Waals surface area contributed by atoms with E-state index in [-0.39, 0.29) is 11.9 Å². The molecule has 0 bridgehead atoms. The Bertz CT molecular complexity index is 982. The lowest BCUT2D eigenvalue weighted by Crippen LogP contribution is -2.30. The number of hydrogen-bond donors (Lipinski definition) is 4. The molecule has 0 radical (unpaired) electrons. The van der Waals surface area contributed by atoms with Crippen LogP contribution in [0.15, 0.2) is 23.0 Å². The van der Waals surface area contributed by atoms with Gasteiger partial charge in [-0.25, -0.2) is 9.78 Å². The normalized spacial score (nSPS) is 14.6. The minimum atomic E-state index is -1.26. The van der Waals surface area contributed by atoms with Gasteiger partial charge in [-0.3, -0.25) is 0 Å². The van der Waals surface area contributed by atoms with Crippen LogP contribution in [-0.4, -0.2) is 47.9 Å². The van der Waals surface area contributed by atoms with Gasteiger partial charge in [-0.05, 0) is 43.8 Å². The van der Waals surface area contributed by atoms with Crippen LogP contribution in [0.25, 0.3) is 22.5 Å². The third-order valence-electron chi connectivity index (χ3n) is 5.24. The highest BCUT2D eigenvalue weighted by atomic mass is 16.5. The lowest BCUT2D eigenvalue weighted by molar-refractivity contribution is 0.0155. The van der Waals surface area contributed by atoms with Gasteiger partial charge in [0.1, 0.15) is 5.65 Å². The highest BCUT2D eigenvalue weighted by molar-refractivity contribution is 5.97. The molecule has 0 saturated carbocycles. The van der Waals surface area contributed by atoms with Crippen LogP contribution in [0.2, 0.25) is 0 Å². The number of hydrogen-bond acceptors (Lipinski definition) is 7. The van der Waals surface area contributed by atoms with E-state index >= 15 is 0 Å². The third kappa shape index (κ3) is 4.56. The fourth-order valence-electron chi connectivity index (χ4n) is 3.49. The lowest BCUT2D eigenvalue weighted by atomic mass is 9.88. The maximum atomic E-state index is 11.1. The molecular formula is C20H27N5O4. The average Bonchev–Trinajstić information content (AvgIpc) is 3.36. The molecular weight excluding hydrogens is 374 g/mol. The van der Waals surface area contributed by atoms with Gasteiger partial charge in [0.15, 0.2) is 0 Å². The Labute approximate surface area is 168 Å². The van der Waals surface area contributed by atoms with Gasteiger partial charge in [-0.1, -0.05) is 20.3 Å². The Morgan fingerprint density at radius 1 is 1.38 bits per heavy atom. The standard InChI is InChI=1S/C20H27N5O4/c1-4-8-20(28,5-2)9-6-12(3)23-15-13-7-10-21-16(13)22-11-14(15)18-24-17(19(26)27)25-29-18/h7,10-12,28H,4-6,8-9H2,1-3H3,(H,26,27)(H2,21,22,23)/t12-,20-/m0/s1. The fraction of sp³-hybridized carbons (Fsp3) is 0.500. The van der Waals surface area contributed by atoms with Gasteiger partial charge in [0.25, 0.3) is 11.7 Å². The first kappa shape index (κ1) is 20.8. The van der Waals surface area contributed by atoms with Gasteiger partial charge < -0.3 is 25.0 Å². The molecule has 0 aliphatic heterocycles. The summed E-state index contributed by atoms with van der Waals surface area (Å²) in [6.07, 6.45) is 7.24. The number of nitrogens with zero attached hydrogens (tertiary/aromatic N) is 3. The van der Waals surface area contributed by atoms with Crippen molar-refractivity contribution in [3.8, 4) is 11.5 Å². The molecule has 9 nitrogen and oxygen atoms in total. The van der Waals surface area contributed by atoms with Gasteiger partial charge in [0.05, 0.1) is 16.9 Å². The van der Waals surface area contributed by atoms with Gasteiger partial charge in [-0.15, -0.1) is 0 Å². The number of carbonyl (C=O) groups is 1. The van der Waals surface area contributed by atoms with Crippen molar-refractivity contribution < 1.29 is 19.5 Å². The molecule has 3 heterocycles. The number of aromatic nitrogens is 4. The maximum Gasteiger partial charge on any atom is 0.377 e. The van der Waals surface area contributed by atoms with Crippen LogP contribution in [0.3, 0.4) is 0 Å². The van der Waals surface area contributed by atoms with Crippen molar-refractivity contribution in [1.82, 2.24) is 20.1 Å². The third-order valence-corrected chi connectivity index (χ3v) is 5.24. The monoisotopic (exact) mass is 401 g/mol. The number of aromatic amines is 1. The highest BCUT2D eigenvalue weighted by Crippen LogP contribution is 2.34. The van der Waals surface area contributed by atoms with Crippen LogP contribution in [0, 0.1) is 0 Å². The van der Waals surface area contributed by atoms with Crippen LogP contribution in [0.1, 0.15) is 63.5 Å². The molecule has 0 aromatic carbocycles. The molecule has 0 aliphatic rings. The van der Waals surface area contributed by atoms with Gasteiger partial charge in [0, 0.05) is 23.8 Å². The van der Waals surface area contributed by atoms with Crippen molar-refractivity contribution in [2.75, 3.05) is 5.32 Å². The SMILES string of the molecule is CCC[C@@](O)(CC)CC[C@H](C)Nc1c(-c2nc(C(=O)O)no2)cnc2[nH]ccc12. The predicted octanol–water partition coefficient (Wildman–Crippen LogP) is 3.83. The summed E-state index contributed by atoms with van der Waals surface area (Å²) in [5, 5.41) is 27.6. The number of pyridine rings is 1. The molecule has 0 unspecified atom stereocenters. The van der Waals surface area contributed by atoms with Crippen LogP contribution < -0.4 is 5.32 Å². The zero-order chi connectivity index (χ0) is 21.0. The van der Waals surface area contributed by atoms with E-state index in [1.807, 2.05) is 19.9 Å². The van der Waals surface area contributed by atoms with E-state index in [9.17, 15) is 9.90 Å². The lowest BCUT2D eigenvalue weighted by Gasteiger charge is -2.28. The molecule has 3 aromatic rings. The van der Waals surface area contributed by atoms with Crippen LogP contribution >= 0.6 is 0 Å². The van der Waals surface area contributed by atoms with E-state index in [1.165, 1.54) is 0 Å². The minimum Gasteiger partial charge on any atom is -0.475 e. The molecule has 0 amide bonds. The van der Waals surface area contributed by atoms with Crippen molar-refractivity contribution >= 4 is 22.7 Å². The number of aliphatic hydroxyl groups is 1. The first-order valence-electron chi connectivity index (χ1n) is 9.89. The summed E-state index contributed by atoms with van der Waals surface area (Å²) >= 11 is 0. The number of anilines is 1. The zero-order valence-corrected chi connectivity index (χ0v) is 16.9. The van der Waals surface area contributed by atoms with E-state index in [2.05, 4.69) is 32.3 Å². The second-order valence-electron chi connectivity index (χ2n) is 7.43. The Morgan fingerprint density at radius 3 is 2.83 bits per heavy atom. The molecule has 9 heteroatoms. The van der Waals surface area contributed by atoms with Crippen molar-refractivity contribution in [3.63, 3.8) is 0 Å². The maximum absolute atomic E-state index is 11.1. The molecule has 0 spiro atoms. The van der Waals surface area contributed by atoms with Crippen LogP contribution in [0.5, 0.6) is 0 Å². The van der Waals surface area contributed by atoms with E-state index in [0.717, 1.165) is 36.8 Å². The Kier molecular flexibility index (Phi) is 6.17. The van der Waals surface area contributed by atoms with E-state index in [1.54, 1.807) is 12.4 Å². The number of fused-ring (bicyclic) bond motifs is 1. The summed E-state index contributed by atoms with van der Waals surface area (Å²) in [7, 11) is 0. The smallest absolute Gasteiger partial charge is 0.377 e. The Hall–Kier alpha value is -2.94. The molecule has 0 aliphatic carbocycles. The first-order chi connectivity index (χ1) is 13.9. The Morgan fingerprint density at radius 2 is 2.17 bits per heavy atom. The molecule has 3 aromatic heterocycles. The molecule has 2 atom stereocenters. The summed E-state index contributed by atoms with van der Waals surface area (Å²) < 4.78 is 5.15. The quantitative estimate of drug-likeness (QED) is 0.402. The second-order valence-corrected chi connectivity index (χ2v) is 7.43. The molecule has 29 heavy (non-hydrogen) atoms. The largest absolute Gasteiger partial charge is 0.475 e. The number of rotatable bonds is 10. The molecule has 4 N–H and O–H groups in total. The van der Waals surface area contributed by atoms with Crippen molar-refractivity contribution in [2.45, 2.75) is 64.5 Å². The Balaban J connectivity index is 1.87. The number of nitrogens with one attached hydrogen (secondary N) is 2. The van der Waals surface area contributed by atoms with Crippen molar-refractivity contribution in [1.29, 1.82) is 0 Å². The number of carboxylic acid groups (broad SMARTS) is 1. The van der Waals surface area contributed by atoms with E-state index < -0.39 is 17.4 Å². The topological polar surface area (TPSA) is 137 Å².